The summed E-state index contributed by atoms with van der Waals surface area (Å²) in [6.07, 6.45) is 1.68. The minimum Gasteiger partial charge on any atom is -0.512 e. The van der Waals surface area contributed by atoms with E-state index in [0.29, 0.717) is 35.6 Å². The van der Waals surface area contributed by atoms with Gasteiger partial charge in [0.15, 0.2) is 5.84 Å². The number of aliphatic hydroxyl groups excluding tert-OH is 1. The average Bonchev–Trinajstić information content (AvgIpc) is 3.27. The molecule has 1 N–H and O–H groups in total. The maximum Gasteiger partial charge on any atom is 0.573 e. The fourth-order valence-corrected chi connectivity index (χ4v) is 3.43. The van der Waals surface area contributed by atoms with Crippen LogP contribution in [0.5, 0.6) is 5.75 Å². The Morgan fingerprint density at radius 3 is 2.52 bits per heavy atom. The summed E-state index contributed by atoms with van der Waals surface area (Å²) in [4.78, 5) is 23.5. The van der Waals surface area contributed by atoms with Gasteiger partial charge >= 0.3 is 6.36 Å². The van der Waals surface area contributed by atoms with Crippen molar-refractivity contribution < 1.29 is 27.8 Å². The SMILES string of the molecule is C=C/C(=C\C=C(\O)CC)C(=O)N1CCC[C@H]1C(C)=NC(=NC)c1ccc(OC(F)(F)F)cc1. The molecule has 0 aliphatic carbocycles. The van der Waals surface area contributed by atoms with Gasteiger partial charge in [-0.15, -0.1) is 13.2 Å². The summed E-state index contributed by atoms with van der Waals surface area (Å²) in [5.74, 6) is -0.0540. The number of aliphatic hydroxyl groups is 1. The Balaban J connectivity index is 2.23. The zero-order valence-corrected chi connectivity index (χ0v) is 18.9. The second kappa shape index (κ2) is 11.5. The second-order valence-electron chi connectivity index (χ2n) is 7.37. The molecular formula is C24H28F3N3O3. The quantitative estimate of drug-likeness (QED) is 0.194. The number of hydrogen-bond donors (Lipinski definition) is 1. The highest BCUT2D eigenvalue weighted by Crippen LogP contribution is 2.24. The molecule has 6 nitrogen and oxygen atoms in total. The van der Waals surface area contributed by atoms with E-state index in [4.69, 9.17) is 0 Å². The molecule has 9 heteroatoms. The smallest absolute Gasteiger partial charge is 0.512 e. The van der Waals surface area contributed by atoms with Crippen LogP contribution in [0.15, 0.2) is 70.4 Å². The third-order valence-corrected chi connectivity index (χ3v) is 5.12. The van der Waals surface area contributed by atoms with Crippen molar-refractivity contribution in [3.05, 3.63) is 66.0 Å². The van der Waals surface area contributed by atoms with Crippen molar-refractivity contribution in [1.29, 1.82) is 0 Å². The number of amidine groups is 1. The first-order valence-corrected chi connectivity index (χ1v) is 10.5. The molecule has 1 amide bonds. The van der Waals surface area contributed by atoms with Gasteiger partial charge in [-0.2, -0.15) is 0 Å². The predicted octanol–water partition coefficient (Wildman–Crippen LogP) is 5.38. The molecule has 1 aromatic carbocycles. The van der Waals surface area contributed by atoms with Gasteiger partial charge in [0.25, 0.3) is 5.91 Å². The molecule has 1 fully saturated rings. The highest BCUT2D eigenvalue weighted by Gasteiger charge is 2.32. The summed E-state index contributed by atoms with van der Waals surface area (Å²) in [5.41, 5.74) is 1.54. The number of allylic oxidation sites excluding steroid dienone is 3. The molecule has 0 unspecified atom stereocenters. The Kier molecular flexibility index (Phi) is 9.02. The topological polar surface area (TPSA) is 74.5 Å². The Labute approximate surface area is 191 Å². The first kappa shape index (κ1) is 25.9. The summed E-state index contributed by atoms with van der Waals surface area (Å²) < 4.78 is 41.0. The van der Waals surface area contributed by atoms with Gasteiger partial charge in [0.05, 0.1) is 11.8 Å². The molecule has 0 saturated carbocycles. The third-order valence-electron chi connectivity index (χ3n) is 5.12. The molecule has 1 aliphatic rings. The van der Waals surface area contributed by atoms with Crippen molar-refractivity contribution in [3.8, 4) is 5.75 Å². The summed E-state index contributed by atoms with van der Waals surface area (Å²) in [6.45, 7) is 7.84. The van der Waals surface area contributed by atoms with E-state index >= 15 is 0 Å². The number of benzene rings is 1. The number of carbonyl (C=O) groups is 1. The van der Waals surface area contributed by atoms with E-state index in [1.165, 1.54) is 43.5 Å². The number of rotatable bonds is 7. The molecule has 0 spiro atoms. The highest BCUT2D eigenvalue weighted by molar-refractivity contribution is 6.09. The minimum atomic E-state index is -4.76. The molecule has 0 bridgehead atoms. The Hall–Kier alpha value is -3.36. The number of amides is 1. The van der Waals surface area contributed by atoms with Crippen LogP contribution in [0, 0.1) is 0 Å². The summed E-state index contributed by atoms with van der Waals surface area (Å²) >= 11 is 0. The van der Waals surface area contributed by atoms with Gasteiger partial charge in [-0.25, -0.2) is 4.99 Å². The largest absolute Gasteiger partial charge is 0.573 e. The van der Waals surface area contributed by atoms with E-state index in [0.717, 1.165) is 12.8 Å². The number of likely N-dealkylation sites (tertiary alicyclic amines) is 1. The van der Waals surface area contributed by atoms with Crippen LogP contribution in [0.2, 0.25) is 0 Å². The highest BCUT2D eigenvalue weighted by atomic mass is 19.4. The molecule has 0 radical (unpaired) electrons. The average molecular weight is 464 g/mol. The van der Waals surface area contributed by atoms with Crippen molar-refractivity contribution >= 4 is 17.5 Å². The molecule has 1 atom stereocenters. The van der Waals surface area contributed by atoms with Crippen molar-refractivity contribution in [2.24, 2.45) is 9.98 Å². The van der Waals surface area contributed by atoms with Crippen molar-refractivity contribution in [2.75, 3.05) is 13.6 Å². The van der Waals surface area contributed by atoms with Gasteiger partial charge in [-0.3, -0.25) is 9.79 Å². The lowest BCUT2D eigenvalue weighted by molar-refractivity contribution is -0.274. The first-order chi connectivity index (χ1) is 15.6. The van der Waals surface area contributed by atoms with E-state index in [9.17, 15) is 23.1 Å². The zero-order valence-electron chi connectivity index (χ0n) is 18.9. The lowest BCUT2D eigenvalue weighted by atomic mass is 10.1. The lowest BCUT2D eigenvalue weighted by Gasteiger charge is -2.25. The first-order valence-electron chi connectivity index (χ1n) is 10.5. The number of nitrogens with zero attached hydrogens (tertiary/aromatic N) is 3. The van der Waals surface area contributed by atoms with Crippen LogP contribution in [0.1, 0.15) is 38.7 Å². The summed E-state index contributed by atoms with van der Waals surface area (Å²) in [5, 5.41) is 9.66. The molecule has 1 saturated heterocycles. The molecule has 178 valence electrons. The minimum absolute atomic E-state index is 0.160. The van der Waals surface area contributed by atoms with Gasteiger partial charge in [0.2, 0.25) is 0 Å². The van der Waals surface area contributed by atoms with E-state index in [2.05, 4.69) is 21.3 Å². The Morgan fingerprint density at radius 2 is 1.97 bits per heavy atom. The number of carbonyl (C=O) groups excluding carboxylic acids is 1. The lowest BCUT2D eigenvalue weighted by Crippen LogP contribution is -2.40. The number of halogens is 3. The molecule has 33 heavy (non-hydrogen) atoms. The number of hydrogen-bond acceptors (Lipinski definition) is 4. The molecule has 2 rings (SSSR count). The molecular weight excluding hydrogens is 435 g/mol. The molecule has 1 heterocycles. The van der Waals surface area contributed by atoms with Crippen molar-refractivity contribution in [3.63, 3.8) is 0 Å². The maximum atomic E-state index is 13.1. The van der Waals surface area contributed by atoms with Gasteiger partial charge < -0.3 is 14.7 Å². The monoisotopic (exact) mass is 463 g/mol. The van der Waals surface area contributed by atoms with Crippen LogP contribution in [-0.4, -0.2) is 53.5 Å². The standard InChI is InChI=1S/C24H28F3N3O3/c1-5-17(9-12-19(31)6-2)23(32)30-15-7-8-21(30)16(3)29-22(28-4)18-10-13-20(14-11-18)33-24(25,26)27/h5,9-14,21,31H,1,6-8,15H2,2-4H3/b17-9+,19-12+,28-22?,29-16?/t21-/m0/s1. The van der Waals surface area contributed by atoms with E-state index < -0.39 is 6.36 Å². The number of ether oxygens (including phenoxy) is 1. The van der Waals surface area contributed by atoms with E-state index in [1.807, 2.05) is 0 Å². The van der Waals surface area contributed by atoms with Gasteiger partial charge in [-0.1, -0.05) is 19.6 Å². The fraction of sp³-hybridized carbons (Fsp3) is 0.375. The predicted molar refractivity (Wildman–Crippen MR) is 123 cm³/mol. The number of aliphatic imine (C=N–C) groups is 2. The Morgan fingerprint density at radius 1 is 1.30 bits per heavy atom. The van der Waals surface area contributed by atoms with Crippen LogP contribution >= 0.6 is 0 Å². The molecule has 0 aromatic heterocycles. The normalized spacial score (nSPS) is 18.5. The second-order valence-corrected chi connectivity index (χ2v) is 7.37. The summed E-state index contributed by atoms with van der Waals surface area (Å²) in [6, 6.07) is 5.04. The van der Waals surface area contributed by atoms with Crippen LogP contribution in [0.4, 0.5) is 13.2 Å². The van der Waals surface area contributed by atoms with E-state index in [1.54, 1.807) is 24.8 Å². The number of alkyl halides is 3. The van der Waals surface area contributed by atoms with Gasteiger partial charge in [0.1, 0.15) is 5.75 Å². The van der Waals surface area contributed by atoms with Crippen LogP contribution in [-0.2, 0) is 4.79 Å². The fourth-order valence-electron chi connectivity index (χ4n) is 3.43. The van der Waals surface area contributed by atoms with Crippen LogP contribution < -0.4 is 4.74 Å². The summed E-state index contributed by atoms with van der Waals surface area (Å²) in [7, 11) is 1.54. The van der Waals surface area contributed by atoms with Crippen molar-refractivity contribution in [2.45, 2.75) is 45.5 Å². The van der Waals surface area contributed by atoms with Gasteiger partial charge in [-0.05, 0) is 56.2 Å². The van der Waals surface area contributed by atoms with Crippen LogP contribution in [0.25, 0.3) is 0 Å². The zero-order chi connectivity index (χ0) is 24.6. The van der Waals surface area contributed by atoms with Crippen LogP contribution in [0.3, 0.4) is 0 Å². The molecule has 1 aliphatic heterocycles. The van der Waals surface area contributed by atoms with Crippen molar-refractivity contribution in [1.82, 2.24) is 4.90 Å². The Bertz CT molecular complexity index is 977. The van der Waals surface area contributed by atoms with Gasteiger partial charge in [0, 0.05) is 36.9 Å². The third kappa shape index (κ3) is 7.34. The molecule has 1 aromatic rings. The van der Waals surface area contributed by atoms with E-state index in [-0.39, 0.29) is 23.5 Å². The maximum absolute atomic E-state index is 13.1.